The molecule has 0 aliphatic heterocycles. The first-order chi connectivity index (χ1) is 7.35. The smallest absolute Gasteiger partial charge is 0.220 e. The van der Waals surface area contributed by atoms with Crippen molar-refractivity contribution in [3.05, 3.63) is 17.3 Å². The van der Waals surface area contributed by atoms with Crippen LogP contribution in [0.4, 0.5) is 0 Å². The van der Waals surface area contributed by atoms with E-state index in [2.05, 4.69) is 11.9 Å². The molecule has 1 saturated carbocycles. The molecule has 1 heterocycles. The lowest BCUT2D eigenvalue weighted by Gasteiger charge is -2.19. The molecule has 0 aromatic carbocycles. The van der Waals surface area contributed by atoms with Gasteiger partial charge in [-0.3, -0.25) is 0 Å². The average molecular weight is 209 g/mol. The van der Waals surface area contributed by atoms with Gasteiger partial charge in [0.1, 0.15) is 12.4 Å². The standard InChI is InChI=1S/C12H19NO2/c1-2-10-12(13-11(8-14)15-10)9-6-4-3-5-7-9/h9,14H,2-8H2,1H3. The van der Waals surface area contributed by atoms with Gasteiger partial charge in [0.25, 0.3) is 0 Å². The minimum absolute atomic E-state index is 0.0836. The van der Waals surface area contributed by atoms with Crippen molar-refractivity contribution in [3.63, 3.8) is 0 Å². The van der Waals surface area contributed by atoms with E-state index in [0.29, 0.717) is 11.8 Å². The monoisotopic (exact) mass is 209 g/mol. The highest BCUT2D eigenvalue weighted by Gasteiger charge is 2.22. The van der Waals surface area contributed by atoms with Crippen LogP contribution >= 0.6 is 0 Å². The van der Waals surface area contributed by atoms with Gasteiger partial charge in [0.2, 0.25) is 5.89 Å². The molecule has 0 spiro atoms. The van der Waals surface area contributed by atoms with Crippen LogP contribution in [-0.4, -0.2) is 10.1 Å². The summed E-state index contributed by atoms with van der Waals surface area (Å²) in [5.74, 6) is 2.02. The third kappa shape index (κ3) is 2.23. The van der Waals surface area contributed by atoms with E-state index < -0.39 is 0 Å². The molecular weight excluding hydrogens is 190 g/mol. The van der Waals surface area contributed by atoms with Gasteiger partial charge in [0, 0.05) is 12.3 Å². The Hall–Kier alpha value is -0.830. The Labute approximate surface area is 90.5 Å². The Balaban J connectivity index is 2.20. The highest BCUT2D eigenvalue weighted by Crippen LogP contribution is 2.34. The molecule has 0 atom stereocenters. The Bertz CT molecular complexity index is 313. The highest BCUT2D eigenvalue weighted by molar-refractivity contribution is 5.16. The zero-order valence-electron chi connectivity index (χ0n) is 9.33. The third-order valence-corrected chi connectivity index (χ3v) is 3.22. The molecule has 15 heavy (non-hydrogen) atoms. The van der Waals surface area contributed by atoms with Gasteiger partial charge in [-0.1, -0.05) is 26.2 Å². The number of aromatic nitrogens is 1. The zero-order chi connectivity index (χ0) is 10.7. The average Bonchev–Trinajstić information content (AvgIpc) is 2.73. The molecule has 84 valence electrons. The van der Waals surface area contributed by atoms with E-state index in [9.17, 15) is 0 Å². The molecule has 1 fully saturated rings. The van der Waals surface area contributed by atoms with Gasteiger partial charge in [-0.2, -0.15) is 0 Å². The lowest BCUT2D eigenvalue weighted by atomic mass is 9.86. The van der Waals surface area contributed by atoms with E-state index in [0.717, 1.165) is 17.9 Å². The maximum atomic E-state index is 9.01. The van der Waals surface area contributed by atoms with E-state index in [4.69, 9.17) is 9.52 Å². The summed E-state index contributed by atoms with van der Waals surface area (Å²) >= 11 is 0. The van der Waals surface area contributed by atoms with Crippen molar-refractivity contribution in [1.82, 2.24) is 4.98 Å². The summed E-state index contributed by atoms with van der Waals surface area (Å²) < 4.78 is 5.51. The molecule has 0 radical (unpaired) electrons. The molecule has 1 aliphatic carbocycles. The topological polar surface area (TPSA) is 46.3 Å². The largest absolute Gasteiger partial charge is 0.443 e. The molecule has 0 unspecified atom stereocenters. The fourth-order valence-corrected chi connectivity index (χ4v) is 2.43. The van der Waals surface area contributed by atoms with Gasteiger partial charge in [0.15, 0.2) is 0 Å². The van der Waals surface area contributed by atoms with Crippen LogP contribution in [0.15, 0.2) is 4.42 Å². The number of aliphatic hydroxyl groups excluding tert-OH is 1. The van der Waals surface area contributed by atoms with Crippen molar-refractivity contribution in [3.8, 4) is 0 Å². The van der Waals surface area contributed by atoms with Crippen molar-refractivity contribution < 1.29 is 9.52 Å². The minimum Gasteiger partial charge on any atom is -0.443 e. The summed E-state index contributed by atoms with van der Waals surface area (Å²) in [6, 6.07) is 0. The summed E-state index contributed by atoms with van der Waals surface area (Å²) in [7, 11) is 0. The van der Waals surface area contributed by atoms with Crippen LogP contribution in [0.2, 0.25) is 0 Å². The normalized spacial score (nSPS) is 18.3. The number of rotatable bonds is 3. The van der Waals surface area contributed by atoms with Crippen molar-refractivity contribution in [2.45, 2.75) is 58.0 Å². The predicted octanol–water partition coefficient (Wildman–Crippen LogP) is 2.78. The van der Waals surface area contributed by atoms with Gasteiger partial charge in [-0.25, -0.2) is 4.98 Å². The second-order valence-corrected chi connectivity index (χ2v) is 4.26. The molecule has 1 aromatic rings. The van der Waals surface area contributed by atoms with E-state index in [1.54, 1.807) is 0 Å². The molecule has 1 N–H and O–H groups in total. The van der Waals surface area contributed by atoms with E-state index in [1.807, 2.05) is 0 Å². The molecular formula is C12H19NO2. The maximum Gasteiger partial charge on any atom is 0.220 e. The van der Waals surface area contributed by atoms with Crippen LogP contribution in [0, 0.1) is 0 Å². The van der Waals surface area contributed by atoms with Gasteiger partial charge < -0.3 is 9.52 Å². The van der Waals surface area contributed by atoms with Gasteiger partial charge in [-0.15, -0.1) is 0 Å². The van der Waals surface area contributed by atoms with E-state index >= 15 is 0 Å². The molecule has 0 amide bonds. The summed E-state index contributed by atoms with van der Waals surface area (Å²) in [5.41, 5.74) is 1.11. The SMILES string of the molecule is CCc1oc(CO)nc1C1CCCCC1. The Morgan fingerprint density at radius 3 is 2.67 bits per heavy atom. The number of aryl methyl sites for hydroxylation is 1. The Kier molecular flexibility index (Phi) is 3.41. The van der Waals surface area contributed by atoms with Crippen LogP contribution < -0.4 is 0 Å². The van der Waals surface area contributed by atoms with Crippen LogP contribution in [0.25, 0.3) is 0 Å². The third-order valence-electron chi connectivity index (χ3n) is 3.22. The lowest BCUT2D eigenvalue weighted by molar-refractivity contribution is 0.237. The van der Waals surface area contributed by atoms with Gasteiger partial charge >= 0.3 is 0 Å². The number of hydrogen-bond donors (Lipinski definition) is 1. The van der Waals surface area contributed by atoms with Gasteiger partial charge in [0.05, 0.1) is 5.69 Å². The first kappa shape index (κ1) is 10.7. The summed E-state index contributed by atoms with van der Waals surface area (Å²) in [5, 5.41) is 9.01. The zero-order valence-corrected chi connectivity index (χ0v) is 9.33. The molecule has 3 heteroatoms. The second-order valence-electron chi connectivity index (χ2n) is 4.26. The Morgan fingerprint density at radius 1 is 1.33 bits per heavy atom. The van der Waals surface area contributed by atoms with Gasteiger partial charge in [-0.05, 0) is 12.8 Å². The van der Waals surface area contributed by atoms with Crippen LogP contribution in [-0.2, 0) is 13.0 Å². The fourth-order valence-electron chi connectivity index (χ4n) is 2.43. The van der Waals surface area contributed by atoms with Crippen molar-refractivity contribution >= 4 is 0 Å². The molecule has 3 nitrogen and oxygen atoms in total. The Morgan fingerprint density at radius 2 is 2.07 bits per heavy atom. The summed E-state index contributed by atoms with van der Waals surface area (Å²) in [4.78, 5) is 4.41. The van der Waals surface area contributed by atoms with Crippen molar-refractivity contribution in [2.75, 3.05) is 0 Å². The minimum atomic E-state index is -0.0836. The van der Waals surface area contributed by atoms with Crippen LogP contribution in [0.5, 0.6) is 0 Å². The maximum absolute atomic E-state index is 9.01. The second kappa shape index (κ2) is 4.79. The summed E-state index contributed by atoms with van der Waals surface area (Å²) in [6.07, 6.45) is 7.28. The van der Waals surface area contributed by atoms with Crippen LogP contribution in [0.3, 0.4) is 0 Å². The highest BCUT2D eigenvalue weighted by atomic mass is 16.4. The first-order valence-electron chi connectivity index (χ1n) is 5.94. The fraction of sp³-hybridized carbons (Fsp3) is 0.750. The number of nitrogens with zero attached hydrogens (tertiary/aromatic N) is 1. The quantitative estimate of drug-likeness (QED) is 0.832. The summed E-state index contributed by atoms with van der Waals surface area (Å²) in [6.45, 7) is 1.99. The number of hydrogen-bond acceptors (Lipinski definition) is 3. The molecule has 1 aliphatic rings. The molecule has 0 bridgehead atoms. The number of aliphatic hydroxyl groups is 1. The van der Waals surface area contributed by atoms with Crippen molar-refractivity contribution in [2.24, 2.45) is 0 Å². The first-order valence-corrected chi connectivity index (χ1v) is 5.94. The lowest BCUT2D eigenvalue weighted by Crippen LogP contribution is -2.07. The van der Waals surface area contributed by atoms with E-state index in [-0.39, 0.29) is 6.61 Å². The molecule has 2 rings (SSSR count). The van der Waals surface area contributed by atoms with Crippen LogP contribution in [0.1, 0.15) is 62.3 Å². The molecule has 0 saturated heterocycles. The molecule has 1 aromatic heterocycles. The van der Waals surface area contributed by atoms with Crippen molar-refractivity contribution in [1.29, 1.82) is 0 Å². The van der Waals surface area contributed by atoms with E-state index in [1.165, 1.54) is 32.1 Å². The predicted molar refractivity (Wildman–Crippen MR) is 57.6 cm³/mol. The number of oxazole rings is 1.